The maximum Gasteiger partial charge on any atom is 0.416 e. The summed E-state index contributed by atoms with van der Waals surface area (Å²) in [5.74, 6) is -2.35. The van der Waals surface area contributed by atoms with Crippen LogP contribution in [0.15, 0.2) is 48.5 Å². The number of alkyl halides is 3. The standard InChI is InChI=1S/C19H17F3N2O4/c1-11(25)23-15-4-2-3-13(10-15)17(26)24-16(18(27)28)9-12-5-7-14(8-6-12)19(20,21)22/h2-8,10,16H,9H2,1H3,(H,23,25)(H,24,26)(H,27,28)/t16-/m0/s1. The number of nitrogens with one attached hydrogen (secondary N) is 2. The molecule has 0 aromatic heterocycles. The van der Waals surface area contributed by atoms with Gasteiger partial charge in [-0.2, -0.15) is 13.2 Å². The number of rotatable bonds is 6. The van der Waals surface area contributed by atoms with Crippen molar-refractivity contribution in [1.82, 2.24) is 5.32 Å². The molecule has 2 amide bonds. The largest absolute Gasteiger partial charge is 0.480 e. The summed E-state index contributed by atoms with van der Waals surface area (Å²) in [6.07, 6.45) is -4.68. The van der Waals surface area contributed by atoms with Crippen molar-refractivity contribution in [2.24, 2.45) is 0 Å². The van der Waals surface area contributed by atoms with Gasteiger partial charge in [0.25, 0.3) is 5.91 Å². The smallest absolute Gasteiger partial charge is 0.416 e. The van der Waals surface area contributed by atoms with E-state index in [2.05, 4.69) is 10.6 Å². The van der Waals surface area contributed by atoms with E-state index in [1.165, 1.54) is 37.3 Å². The molecule has 0 fully saturated rings. The van der Waals surface area contributed by atoms with E-state index in [4.69, 9.17) is 0 Å². The van der Waals surface area contributed by atoms with Gasteiger partial charge in [0.1, 0.15) is 6.04 Å². The summed E-state index contributed by atoms with van der Waals surface area (Å²) in [4.78, 5) is 34.9. The molecule has 6 nitrogen and oxygen atoms in total. The molecule has 28 heavy (non-hydrogen) atoms. The normalized spacial score (nSPS) is 12.1. The number of benzene rings is 2. The summed E-state index contributed by atoms with van der Waals surface area (Å²) >= 11 is 0. The van der Waals surface area contributed by atoms with Crippen molar-refractivity contribution in [3.8, 4) is 0 Å². The molecule has 0 aliphatic carbocycles. The van der Waals surface area contributed by atoms with Crippen molar-refractivity contribution in [2.75, 3.05) is 5.32 Å². The van der Waals surface area contributed by atoms with Crippen LogP contribution in [0.3, 0.4) is 0 Å². The number of hydrogen-bond donors (Lipinski definition) is 3. The molecule has 0 unspecified atom stereocenters. The van der Waals surface area contributed by atoms with E-state index in [1.807, 2.05) is 0 Å². The topological polar surface area (TPSA) is 95.5 Å². The Kier molecular flexibility index (Phi) is 6.40. The lowest BCUT2D eigenvalue weighted by molar-refractivity contribution is -0.139. The van der Waals surface area contributed by atoms with Gasteiger partial charge in [0.05, 0.1) is 5.56 Å². The fourth-order valence-corrected chi connectivity index (χ4v) is 2.45. The number of amides is 2. The number of carbonyl (C=O) groups excluding carboxylic acids is 2. The van der Waals surface area contributed by atoms with Gasteiger partial charge >= 0.3 is 12.1 Å². The zero-order valence-corrected chi connectivity index (χ0v) is 14.7. The fourth-order valence-electron chi connectivity index (χ4n) is 2.45. The molecule has 9 heteroatoms. The third-order valence-corrected chi connectivity index (χ3v) is 3.77. The molecule has 3 N–H and O–H groups in total. The van der Waals surface area contributed by atoms with Gasteiger partial charge in [0.2, 0.25) is 5.91 Å². The van der Waals surface area contributed by atoms with Crippen LogP contribution in [0.5, 0.6) is 0 Å². The number of anilines is 1. The number of halogens is 3. The molecule has 0 aliphatic rings. The first kappa shape index (κ1) is 20.9. The average molecular weight is 394 g/mol. The molecule has 1 atom stereocenters. The Morgan fingerprint density at radius 2 is 1.71 bits per heavy atom. The number of carboxylic acid groups (broad SMARTS) is 1. The lowest BCUT2D eigenvalue weighted by Crippen LogP contribution is -2.42. The van der Waals surface area contributed by atoms with Gasteiger partial charge in [-0.3, -0.25) is 9.59 Å². The van der Waals surface area contributed by atoms with Crippen LogP contribution in [0.1, 0.15) is 28.4 Å². The van der Waals surface area contributed by atoms with Crippen molar-refractivity contribution in [1.29, 1.82) is 0 Å². The molecular weight excluding hydrogens is 377 g/mol. The molecule has 2 rings (SSSR count). The summed E-state index contributed by atoms with van der Waals surface area (Å²) in [6, 6.07) is 8.62. The van der Waals surface area contributed by atoms with E-state index in [1.54, 1.807) is 6.07 Å². The van der Waals surface area contributed by atoms with E-state index in [-0.39, 0.29) is 17.9 Å². The minimum absolute atomic E-state index is 0.130. The van der Waals surface area contributed by atoms with Gasteiger partial charge in [0, 0.05) is 24.6 Å². The molecule has 0 spiro atoms. The molecule has 2 aromatic rings. The monoisotopic (exact) mass is 394 g/mol. The molecule has 148 valence electrons. The third-order valence-electron chi connectivity index (χ3n) is 3.77. The minimum atomic E-state index is -4.49. The van der Waals surface area contributed by atoms with Crippen LogP contribution in [-0.4, -0.2) is 28.9 Å². The average Bonchev–Trinajstić information content (AvgIpc) is 2.60. The van der Waals surface area contributed by atoms with Crippen LogP contribution >= 0.6 is 0 Å². The summed E-state index contributed by atoms with van der Waals surface area (Å²) < 4.78 is 37.8. The lowest BCUT2D eigenvalue weighted by Gasteiger charge is -2.16. The number of carbonyl (C=O) groups is 3. The van der Waals surface area contributed by atoms with Crippen LogP contribution in [0.2, 0.25) is 0 Å². The van der Waals surface area contributed by atoms with Crippen molar-refractivity contribution in [3.05, 3.63) is 65.2 Å². The highest BCUT2D eigenvalue weighted by Gasteiger charge is 2.30. The quantitative estimate of drug-likeness (QED) is 0.702. The Bertz CT molecular complexity index is 879. The predicted octanol–water partition coefficient (Wildman–Crippen LogP) is 3.09. The summed E-state index contributed by atoms with van der Waals surface area (Å²) in [7, 11) is 0. The predicted molar refractivity (Wildman–Crippen MR) is 94.8 cm³/mol. The molecule has 0 saturated heterocycles. The Balaban J connectivity index is 2.11. The van der Waals surface area contributed by atoms with Crippen molar-refractivity contribution >= 4 is 23.5 Å². The maximum absolute atomic E-state index is 12.6. The second-order valence-electron chi connectivity index (χ2n) is 6.03. The summed E-state index contributed by atoms with van der Waals surface area (Å²) in [5.41, 5.74) is -0.0191. The second-order valence-corrected chi connectivity index (χ2v) is 6.03. The van der Waals surface area contributed by atoms with Gasteiger partial charge in [-0.1, -0.05) is 18.2 Å². The van der Waals surface area contributed by atoms with E-state index in [0.29, 0.717) is 11.3 Å². The van der Waals surface area contributed by atoms with Crippen LogP contribution in [0.4, 0.5) is 18.9 Å². The Labute approximate surface area is 158 Å². The first-order valence-electron chi connectivity index (χ1n) is 8.13. The van der Waals surface area contributed by atoms with Gasteiger partial charge in [-0.25, -0.2) is 4.79 Å². The van der Waals surface area contributed by atoms with Crippen molar-refractivity contribution < 1.29 is 32.7 Å². The number of hydrogen-bond acceptors (Lipinski definition) is 3. The minimum Gasteiger partial charge on any atom is -0.480 e. The van der Waals surface area contributed by atoms with Crippen molar-refractivity contribution in [3.63, 3.8) is 0 Å². The first-order chi connectivity index (χ1) is 13.1. The number of aliphatic carboxylic acids is 1. The lowest BCUT2D eigenvalue weighted by atomic mass is 10.0. The van der Waals surface area contributed by atoms with E-state index >= 15 is 0 Å². The molecule has 2 aromatic carbocycles. The Hall–Kier alpha value is -3.36. The molecule has 0 saturated carbocycles. The van der Waals surface area contributed by atoms with Crippen LogP contribution in [0, 0.1) is 0 Å². The van der Waals surface area contributed by atoms with Crippen molar-refractivity contribution in [2.45, 2.75) is 25.6 Å². The van der Waals surface area contributed by atoms with Gasteiger partial charge < -0.3 is 15.7 Å². The molecule has 0 heterocycles. The highest BCUT2D eigenvalue weighted by atomic mass is 19.4. The van der Waals surface area contributed by atoms with Crippen LogP contribution in [-0.2, 0) is 22.2 Å². The van der Waals surface area contributed by atoms with E-state index in [0.717, 1.165) is 12.1 Å². The van der Waals surface area contributed by atoms with E-state index in [9.17, 15) is 32.7 Å². The molecule has 0 aliphatic heterocycles. The summed E-state index contributed by atoms with van der Waals surface area (Å²) in [6.45, 7) is 1.30. The maximum atomic E-state index is 12.6. The second kappa shape index (κ2) is 8.55. The van der Waals surface area contributed by atoms with Crippen LogP contribution in [0.25, 0.3) is 0 Å². The molecular formula is C19H17F3N2O4. The zero-order valence-electron chi connectivity index (χ0n) is 14.7. The number of carboxylic acids is 1. The highest BCUT2D eigenvalue weighted by molar-refractivity contribution is 5.98. The molecule has 0 radical (unpaired) electrons. The Morgan fingerprint density at radius 3 is 2.25 bits per heavy atom. The zero-order chi connectivity index (χ0) is 20.9. The third kappa shape index (κ3) is 5.83. The van der Waals surface area contributed by atoms with Crippen LogP contribution < -0.4 is 10.6 Å². The van der Waals surface area contributed by atoms with Gasteiger partial charge in [0.15, 0.2) is 0 Å². The molecule has 0 bridgehead atoms. The Morgan fingerprint density at radius 1 is 1.07 bits per heavy atom. The first-order valence-corrected chi connectivity index (χ1v) is 8.13. The SMILES string of the molecule is CC(=O)Nc1cccc(C(=O)N[C@@H](Cc2ccc(C(F)(F)F)cc2)C(=O)O)c1. The van der Waals surface area contributed by atoms with E-state index < -0.39 is 29.7 Å². The summed E-state index contributed by atoms with van der Waals surface area (Å²) in [5, 5.41) is 14.2. The highest BCUT2D eigenvalue weighted by Crippen LogP contribution is 2.29. The van der Waals surface area contributed by atoms with Gasteiger partial charge in [-0.05, 0) is 35.9 Å². The van der Waals surface area contributed by atoms with Gasteiger partial charge in [-0.15, -0.1) is 0 Å². The fraction of sp³-hybridized carbons (Fsp3) is 0.211.